The monoisotopic (exact) mass is 245 g/mol. The Labute approximate surface area is 112 Å². The summed E-state index contributed by atoms with van der Waals surface area (Å²) in [6, 6.07) is 10.7. The van der Waals surface area contributed by atoms with Crippen LogP contribution in [0, 0.1) is 5.92 Å². The van der Waals surface area contributed by atoms with Crippen molar-refractivity contribution in [2.24, 2.45) is 11.7 Å². The number of benzene rings is 1. The molecule has 1 aromatic rings. The molecule has 1 fully saturated rings. The Kier molecular flexibility index (Phi) is 4.82. The summed E-state index contributed by atoms with van der Waals surface area (Å²) in [5.74, 6) is 0.927. The lowest BCUT2D eigenvalue weighted by Gasteiger charge is -2.28. The van der Waals surface area contributed by atoms with Crippen LogP contribution in [-0.4, -0.2) is 5.54 Å². The predicted octanol–water partition coefficient (Wildman–Crippen LogP) is 4.31. The number of nitrogens with two attached hydrogens (primary N) is 1. The van der Waals surface area contributed by atoms with Gasteiger partial charge < -0.3 is 5.73 Å². The van der Waals surface area contributed by atoms with E-state index in [0.717, 1.165) is 12.3 Å². The van der Waals surface area contributed by atoms with Gasteiger partial charge in [-0.2, -0.15) is 0 Å². The number of rotatable bonds is 4. The standard InChI is InChI=1S/C17H27N/c1-2-7-15-10-6-12-17(18,13-11-15)14-16-8-4-3-5-9-16/h3-5,8-9,15H,2,6-7,10-14,18H2,1H3. The molecule has 1 nitrogen and oxygen atoms in total. The molecule has 0 heterocycles. The van der Waals surface area contributed by atoms with Crippen molar-refractivity contribution in [3.05, 3.63) is 35.9 Å². The van der Waals surface area contributed by atoms with Crippen LogP contribution in [-0.2, 0) is 6.42 Å². The molecular formula is C17H27N. The maximum atomic E-state index is 6.65. The summed E-state index contributed by atoms with van der Waals surface area (Å²) >= 11 is 0. The van der Waals surface area contributed by atoms with Crippen LogP contribution in [0.3, 0.4) is 0 Å². The summed E-state index contributed by atoms with van der Waals surface area (Å²) in [4.78, 5) is 0. The van der Waals surface area contributed by atoms with Crippen molar-refractivity contribution in [1.82, 2.24) is 0 Å². The third-order valence-corrected chi connectivity index (χ3v) is 4.43. The minimum atomic E-state index is 0.0455. The SMILES string of the molecule is CCCC1CCCC(N)(Cc2ccccc2)CC1. The van der Waals surface area contributed by atoms with Crippen LogP contribution < -0.4 is 5.73 Å². The van der Waals surface area contributed by atoms with Crippen molar-refractivity contribution >= 4 is 0 Å². The Balaban J connectivity index is 1.95. The molecule has 2 N–H and O–H groups in total. The van der Waals surface area contributed by atoms with Crippen molar-refractivity contribution in [2.45, 2.75) is 63.8 Å². The first-order valence-corrected chi connectivity index (χ1v) is 7.55. The highest BCUT2D eigenvalue weighted by Gasteiger charge is 2.29. The Morgan fingerprint density at radius 1 is 1.17 bits per heavy atom. The molecule has 0 saturated heterocycles. The summed E-state index contributed by atoms with van der Waals surface area (Å²) in [5.41, 5.74) is 8.09. The highest BCUT2D eigenvalue weighted by atomic mass is 14.7. The zero-order valence-corrected chi connectivity index (χ0v) is 11.7. The molecule has 1 aromatic carbocycles. The number of hydrogen-bond acceptors (Lipinski definition) is 1. The van der Waals surface area contributed by atoms with Gasteiger partial charge in [-0.3, -0.25) is 0 Å². The maximum absolute atomic E-state index is 6.65. The van der Waals surface area contributed by atoms with Gasteiger partial charge in [0.05, 0.1) is 0 Å². The Morgan fingerprint density at radius 2 is 1.94 bits per heavy atom. The van der Waals surface area contributed by atoms with Gasteiger partial charge in [-0.05, 0) is 37.2 Å². The second-order valence-corrected chi connectivity index (χ2v) is 6.11. The van der Waals surface area contributed by atoms with E-state index in [0.29, 0.717) is 0 Å². The molecule has 0 spiro atoms. The van der Waals surface area contributed by atoms with Crippen LogP contribution in [0.4, 0.5) is 0 Å². The normalized spacial score (nSPS) is 28.9. The third kappa shape index (κ3) is 3.84. The van der Waals surface area contributed by atoms with Crippen LogP contribution >= 0.6 is 0 Å². The van der Waals surface area contributed by atoms with Gasteiger partial charge in [0.2, 0.25) is 0 Å². The summed E-state index contributed by atoms with van der Waals surface area (Å²) < 4.78 is 0. The molecular weight excluding hydrogens is 218 g/mol. The lowest BCUT2D eigenvalue weighted by atomic mass is 9.84. The zero-order chi connectivity index (χ0) is 12.8. The van der Waals surface area contributed by atoms with Gasteiger partial charge in [-0.25, -0.2) is 0 Å². The molecule has 0 amide bonds. The van der Waals surface area contributed by atoms with Crippen molar-refractivity contribution < 1.29 is 0 Å². The van der Waals surface area contributed by atoms with Crippen LogP contribution in [0.2, 0.25) is 0 Å². The first-order chi connectivity index (χ1) is 8.72. The lowest BCUT2D eigenvalue weighted by molar-refractivity contribution is 0.355. The largest absolute Gasteiger partial charge is 0.325 e. The van der Waals surface area contributed by atoms with E-state index in [1.807, 2.05) is 0 Å². The van der Waals surface area contributed by atoms with E-state index in [1.54, 1.807) is 0 Å². The fraction of sp³-hybridized carbons (Fsp3) is 0.647. The first kappa shape index (κ1) is 13.6. The molecule has 0 aliphatic heterocycles. The molecule has 1 aliphatic rings. The van der Waals surface area contributed by atoms with E-state index >= 15 is 0 Å². The average Bonchev–Trinajstić information content (AvgIpc) is 2.54. The second-order valence-electron chi connectivity index (χ2n) is 6.11. The fourth-order valence-corrected chi connectivity index (χ4v) is 3.38. The third-order valence-electron chi connectivity index (χ3n) is 4.43. The maximum Gasteiger partial charge on any atom is 0.0195 e. The zero-order valence-electron chi connectivity index (χ0n) is 11.7. The van der Waals surface area contributed by atoms with Crippen molar-refractivity contribution in [3.8, 4) is 0 Å². The minimum Gasteiger partial charge on any atom is -0.325 e. The van der Waals surface area contributed by atoms with Gasteiger partial charge in [0.25, 0.3) is 0 Å². The summed E-state index contributed by atoms with van der Waals surface area (Å²) in [6.45, 7) is 2.30. The summed E-state index contributed by atoms with van der Waals surface area (Å²) in [7, 11) is 0. The van der Waals surface area contributed by atoms with Gasteiger partial charge in [-0.1, -0.05) is 62.9 Å². The van der Waals surface area contributed by atoms with E-state index in [4.69, 9.17) is 5.73 Å². The average molecular weight is 245 g/mol. The van der Waals surface area contributed by atoms with Crippen molar-refractivity contribution in [1.29, 1.82) is 0 Å². The van der Waals surface area contributed by atoms with Gasteiger partial charge >= 0.3 is 0 Å². The summed E-state index contributed by atoms with van der Waals surface area (Å²) in [5, 5.41) is 0. The Bertz CT molecular complexity index is 346. The molecule has 0 bridgehead atoms. The molecule has 1 aliphatic carbocycles. The van der Waals surface area contributed by atoms with E-state index in [1.165, 1.54) is 50.5 Å². The number of hydrogen-bond donors (Lipinski definition) is 1. The Hall–Kier alpha value is -0.820. The summed E-state index contributed by atoms with van der Waals surface area (Å²) in [6.07, 6.45) is 10.2. The van der Waals surface area contributed by atoms with E-state index in [-0.39, 0.29) is 5.54 Å². The van der Waals surface area contributed by atoms with Crippen LogP contribution in [0.15, 0.2) is 30.3 Å². The molecule has 0 radical (unpaired) electrons. The quantitative estimate of drug-likeness (QED) is 0.786. The molecule has 2 rings (SSSR count). The highest BCUT2D eigenvalue weighted by Crippen LogP contribution is 2.33. The van der Waals surface area contributed by atoms with Crippen molar-refractivity contribution in [2.75, 3.05) is 0 Å². The van der Waals surface area contributed by atoms with Gasteiger partial charge in [0.1, 0.15) is 0 Å². The smallest absolute Gasteiger partial charge is 0.0195 e. The van der Waals surface area contributed by atoms with Gasteiger partial charge in [0.15, 0.2) is 0 Å². The molecule has 18 heavy (non-hydrogen) atoms. The molecule has 1 heteroatoms. The van der Waals surface area contributed by atoms with Crippen LogP contribution in [0.25, 0.3) is 0 Å². The minimum absolute atomic E-state index is 0.0455. The van der Waals surface area contributed by atoms with Gasteiger partial charge in [-0.15, -0.1) is 0 Å². The first-order valence-electron chi connectivity index (χ1n) is 7.55. The van der Waals surface area contributed by atoms with Crippen LogP contribution in [0.5, 0.6) is 0 Å². The van der Waals surface area contributed by atoms with E-state index in [2.05, 4.69) is 37.3 Å². The highest BCUT2D eigenvalue weighted by molar-refractivity contribution is 5.17. The van der Waals surface area contributed by atoms with Crippen molar-refractivity contribution in [3.63, 3.8) is 0 Å². The van der Waals surface area contributed by atoms with Gasteiger partial charge in [0, 0.05) is 5.54 Å². The Morgan fingerprint density at radius 3 is 2.67 bits per heavy atom. The molecule has 1 saturated carbocycles. The predicted molar refractivity (Wildman–Crippen MR) is 78.5 cm³/mol. The molecule has 2 unspecified atom stereocenters. The second kappa shape index (κ2) is 6.38. The van der Waals surface area contributed by atoms with E-state index < -0.39 is 0 Å². The topological polar surface area (TPSA) is 26.0 Å². The van der Waals surface area contributed by atoms with E-state index in [9.17, 15) is 0 Å². The lowest BCUT2D eigenvalue weighted by Crippen LogP contribution is -2.41. The molecule has 0 aromatic heterocycles. The van der Waals surface area contributed by atoms with Crippen LogP contribution in [0.1, 0.15) is 57.4 Å². The molecule has 2 atom stereocenters. The fourth-order valence-electron chi connectivity index (χ4n) is 3.38. The molecule has 100 valence electrons.